The van der Waals surface area contributed by atoms with Crippen LogP contribution in [-0.4, -0.2) is 50.2 Å². The fraction of sp³-hybridized carbons (Fsp3) is 0.818. The molecule has 0 aromatic heterocycles. The fourth-order valence-electron chi connectivity index (χ4n) is 1.09. The van der Waals surface area contributed by atoms with Crippen LogP contribution in [-0.2, 0) is 19.1 Å². The van der Waals surface area contributed by atoms with Gasteiger partial charge < -0.3 is 14.4 Å². The van der Waals surface area contributed by atoms with Crippen molar-refractivity contribution in [2.45, 2.75) is 26.7 Å². The summed E-state index contributed by atoms with van der Waals surface area (Å²) < 4.78 is 9.93. The minimum Gasteiger partial charge on any atom is -0.465 e. The Bertz CT molecular complexity index is 218. The predicted octanol–water partition coefficient (Wildman–Crippen LogP) is 0.825. The Kier molecular flexibility index (Phi) is 8.52. The van der Waals surface area contributed by atoms with Crippen LogP contribution >= 0.6 is 0 Å². The van der Waals surface area contributed by atoms with Gasteiger partial charge in [0, 0.05) is 13.7 Å². The lowest BCUT2D eigenvalue weighted by atomic mass is 10.4. The molecule has 0 radical (unpaired) electrons. The van der Waals surface area contributed by atoms with Gasteiger partial charge >= 0.3 is 5.97 Å². The van der Waals surface area contributed by atoms with Gasteiger partial charge in [-0.25, -0.2) is 0 Å². The van der Waals surface area contributed by atoms with E-state index in [-0.39, 0.29) is 18.4 Å². The first-order valence-corrected chi connectivity index (χ1v) is 5.59. The first-order chi connectivity index (χ1) is 7.61. The molecule has 0 saturated carbocycles. The molecule has 5 nitrogen and oxygen atoms in total. The van der Waals surface area contributed by atoms with Gasteiger partial charge in [-0.1, -0.05) is 6.92 Å². The Hall–Kier alpha value is -1.10. The van der Waals surface area contributed by atoms with Crippen molar-refractivity contribution in [1.82, 2.24) is 4.90 Å². The highest BCUT2D eigenvalue weighted by Gasteiger charge is 2.12. The Morgan fingerprint density at radius 3 is 2.44 bits per heavy atom. The van der Waals surface area contributed by atoms with Crippen molar-refractivity contribution in [3.63, 3.8) is 0 Å². The number of carbonyl (C=O) groups excluding carboxylic acids is 2. The lowest BCUT2D eigenvalue weighted by Crippen LogP contribution is -2.33. The predicted molar refractivity (Wildman–Crippen MR) is 60.0 cm³/mol. The molecule has 94 valence electrons. The maximum absolute atomic E-state index is 11.5. The van der Waals surface area contributed by atoms with E-state index in [1.165, 1.54) is 4.90 Å². The van der Waals surface area contributed by atoms with Crippen molar-refractivity contribution in [1.29, 1.82) is 0 Å². The van der Waals surface area contributed by atoms with E-state index in [1.54, 1.807) is 14.0 Å². The molecule has 0 rings (SSSR count). The summed E-state index contributed by atoms with van der Waals surface area (Å²) in [6, 6.07) is 0. The quantitative estimate of drug-likeness (QED) is 0.458. The second-order valence-electron chi connectivity index (χ2n) is 3.42. The van der Waals surface area contributed by atoms with E-state index < -0.39 is 0 Å². The molecule has 0 N–H and O–H groups in total. The Balaban J connectivity index is 3.68. The summed E-state index contributed by atoms with van der Waals surface area (Å²) in [4.78, 5) is 23.9. The number of rotatable bonds is 8. The van der Waals surface area contributed by atoms with Crippen molar-refractivity contribution < 1.29 is 19.1 Å². The van der Waals surface area contributed by atoms with Crippen LogP contribution in [0.15, 0.2) is 0 Å². The zero-order valence-electron chi connectivity index (χ0n) is 10.3. The van der Waals surface area contributed by atoms with E-state index in [2.05, 4.69) is 0 Å². The van der Waals surface area contributed by atoms with Gasteiger partial charge in [-0.05, 0) is 13.3 Å². The summed E-state index contributed by atoms with van der Waals surface area (Å²) in [5.41, 5.74) is 0. The second-order valence-corrected chi connectivity index (χ2v) is 3.42. The van der Waals surface area contributed by atoms with E-state index in [1.807, 2.05) is 6.92 Å². The zero-order valence-corrected chi connectivity index (χ0v) is 10.3. The first-order valence-electron chi connectivity index (χ1n) is 5.59. The molecule has 0 aliphatic carbocycles. The average molecular weight is 231 g/mol. The maximum Gasteiger partial charge on any atom is 0.325 e. The molecule has 5 heteroatoms. The van der Waals surface area contributed by atoms with Gasteiger partial charge in [-0.2, -0.15) is 0 Å². The Morgan fingerprint density at radius 2 is 1.88 bits per heavy atom. The van der Waals surface area contributed by atoms with Crippen LogP contribution in [0.1, 0.15) is 26.7 Å². The molecule has 0 spiro atoms. The third-order valence-electron chi connectivity index (χ3n) is 1.91. The van der Waals surface area contributed by atoms with Crippen LogP contribution in [0.25, 0.3) is 0 Å². The summed E-state index contributed by atoms with van der Waals surface area (Å²) in [7, 11) is 1.58. The summed E-state index contributed by atoms with van der Waals surface area (Å²) in [6.07, 6.45) is 1.24. The molecule has 0 heterocycles. The van der Waals surface area contributed by atoms with Crippen molar-refractivity contribution in [3.05, 3.63) is 0 Å². The summed E-state index contributed by atoms with van der Waals surface area (Å²) >= 11 is 0. The van der Waals surface area contributed by atoms with Gasteiger partial charge in [-0.3, -0.25) is 9.59 Å². The lowest BCUT2D eigenvalue weighted by Gasteiger charge is -2.15. The molecule has 0 unspecified atom stereocenters. The van der Waals surface area contributed by atoms with E-state index in [9.17, 15) is 9.59 Å². The van der Waals surface area contributed by atoms with Crippen LogP contribution < -0.4 is 0 Å². The van der Waals surface area contributed by atoms with E-state index in [4.69, 9.17) is 9.47 Å². The van der Waals surface area contributed by atoms with Crippen LogP contribution in [0, 0.1) is 0 Å². The molecule has 0 saturated heterocycles. The number of ether oxygens (including phenoxy) is 2. The number of carbonyl (C=O) groups is 2. The molecule has 0 bridgehead atoms. The topological polar surface area (TPSA) is 55.8 Å². The molecule has 0 aromatic rings. The number of likely N-dealkylation sites (N-methyl/N-ethyl adjacent to an activating group) is 1. The summed E-state index contributed by atoms with van der Waals surface area (Å²) in [5, 5.41) is 0. The van der Waals surface area contributed by atoms with Gasteiger partial charge in [-0.15, -0.1) is 0 Å². The molecule has 0 aliphatic heterocycles. The average Bonchev–Trinajstić information content (AvgIpc) is 2.24. The molecule has 0 aromatic carbocycles. The molecular formula is C11H21NO4. The van der Waals surface area contributed by atoms with Gasteiger partial charge in [0.15, 0.2) is 0 Å². The molecule has 16 heavy (non-hydrogen) atoms. The van der Waals surface area contributed by atoms with Gasteiger partial charge in [0.25, 0.3) is 0 Å². The molecule has 1 amide bonds. The van der Waals surface area contributed by atoms with Gasteiger partial charge in [0.05, 0.1) is 19.6 Å². The number of hydrogen-bond acceptors (Lipinski definition) is 4. The minimum atomic E-state index is -0.382. The molecule has 0 atom stereocenters. The highest BCUT2D eigenvalue weighted by atomic mass is 16.5. The molecular weight excluding hydrogens is 210 g/mol. The number of hydrogen-bond donors (Lipinski definition) is 0. The van der Waals surface area contributed by atoms with Crippen molar-refractivity contribution in [2.75, 3.05) is 33.4 Å². The van der Waals surface area contributed by atoms with Crippen molar-refractivity contribution in [3.8, 4) is 0 Å². The maximum atomic E-state index is 11.5. The number of amides is 1. The first kappa shape index (κ1) is 14.9. The number of esters is 1. The lowest BCUT2D eigenvalue weighted by molar-refractivity contribution is -0.148. The Morgan fingerprint density at radius 1 is 1.19 bits per heavy atom. The third-order valence-corrected chi connectivity index (χ3v) is 1.91. The third kappa shape index (κ3) is 7.23. The van der Waals surface area contributed by atoms with Crippen LogP contribution in [0.3, 0.4) is 0 Å². The van der Waals surface area contributed by atoms with Crippen LogP contribution in [0.4, 0.5) is 0 Å². The number of nitrogens with zero attached hydrogens (tertiary/aromatic N) is 1. The van der Waals surface area contributed by atoms with Crippen molar-refractivity contribution >= 4 is 11.9 Å². The fourth-order valence-corrected chi connectivity index (χ4v) is 1.09. The van der Waals surface area contributed by atoms with Crippen LogP contribution in [0.5, 0.6) is 0 Å². The van der Waals surface area contributed by atoms with Crippen LogP contribution in [0.2, 0.25) is 0 Å². The van der Waals surface area contributed by atoms with E-state index >= 15 is 0 Å². The van der Waals surface area contributed by atoms with E-state index in [0.717, 1.165) is 6.42 Å². The zero-order chi connectivity index (χ0) is 12.4. The second kappa shape index (κ2) is 9.15. The highest BCUT2D eigenvalue weighted by Crippen LogP contribution is 1.94. The highest BCUT2D eigenvalue weighted by molar-refractivity contribution is 5.81. The molecule has 0 aliphatic rings. The monoisotopic (exact) mass is 231 g/mol. The standard InChI is InChI=1S/C11H21NO4/c1-4-7-15-8-6-10(13)12(3)9-11(14)16-5-2/h4-9H2,1-3H3. The van der Waals surface area contributed by atoms with E-state index in [0.29, 0.717) is 26.2 Å². The SMILES string of the molecule is CCCOCCC(=O)N(C)CC(=O)OCC. The normalized spacial score (nSPS) is 9.94. The summed E-state index contributed by atoms with van der Waals surface area (Å²) in [6.45, 7) is 5.14. The summed E-state index contributed by atoms with van der Waals surface area (Å²) in [5.74, 6) is -0.489. The minimum absolute atomic E-state index is 0.000448. The van der Waals surface area contributed by atoms with Crippen molar-refractivity contribution in [2.24, 2.45) is 0 Å². The molecule has 0 fully saturated rings. The largest absolute Gasteiger partial charge is 0.465 e. The Labute approximate surface area is 96.7 Å². The smallest absolute Gasteiger partial charge is 0.325 e. The van der Waals surface area contributed by atoms with Gasteiger partial charge in [0.1, 0.15) is 6.54 Å². The van der Waals surface area contributed by atoms with Gasteiger partial charge in [0.2, 0.25) is 5.91 Å².